The van der Waals surface area contributed by atoms with Gasteiger partial charge in [0.15, 0.2) is 5.78 Å². The number of carbonyl (C=O) groups is 3. The van der Waals surface area contributed by atoms with Crippen molar-refractivity contribution >= 4 is 23.4 Å². The number of benzene rings is 1. The Morgan fingerprint density at radius 2 is 1.82 bits per heavy atom. The summed E-state index contributed by atoms with van der Waals surface area (Å²) in [6, 6.07) is 5.32. The van der Waals surface area contributed by atoms with Gasteiger partial charge in [-0.05, 0) is 45.7 Å². The van der Waals surface area contributed by atoms with Crippen molar-refractivity contribution in [2.24, 2.45) is 0 Å². The number of ketones is 1. The minimum atomic E-state index is -4.60. The van der Waals surface area contributed by atoms with Gasteiger partial charge in [-0.25, -0.2) is 9.31 Å². The molecule has 208 valence electrons. The molecule has 0 saturated carbocycles. The standard InChI is InChI=1S/C26H28F3N5O5/c1-25(2,3)39-24(38)33-9-7-15(8-10-33)19-12-21(36)32-22-18(13-31-34(19)22)23(37)30-14-20(35)16-5-4-6-17(11-16)26(27,28)29/h4-6,11-13,15H,7-10,14H2,1-3H3,(H,30,37)(H,32,36). The molecule has 0 unspecified atom stereocenters. The molecular formula is C26H28F3N5O5. The number of carbonyl (C=O) groups excluding carboxylic acids is 3. The lowest BCUT2D eigenvalue weighted by molar-refractivity contribution is -0.137. The Morgan fingerprint density at radius 1 is 1.13 bits per heavy atom. The molecule has 3 aromatic rings. The first kappa shape index (κ1) is 27.9. The van der Waals surface area contributed by atoms with Crippen molar-refractivity contribution in [2.75, 3.05) is 19.6 Å². The number of amides is 2. The van der Waals surface area contributed by atoms with E-state index < -0.39 is 47.2 Å². The lowest BCUT2D eigenvalue weighted by Crippen LogP contribution is -2.41. The van der Waals surface area contributed by atoms with Gasteiger partial charge in [-0.1, -0.05) is 12.1 Å². The molecular weight excluding hydrogens is 519 g/mol. The van der Waals surface area contributed by atoms with E-state index in [-0.39, 0.29) is 22.7 Å². The fraction of sp³-hybridized carbons (Fsp3) is 0.423. The summed E-state index contributed by atoms with van der Waals surface area (Å²) < 4.78 is 45.7. The Balaban J connectivity index is 1.46. The number of aromatic amines is 1. The van der Waals surface area contributed by atoms with Gasteiger partial charge >= 0.3 is 12.3 Å². The first-order valence-electron chi connectivity index (χ1n) is 12.3. The molecule has 0 radical (unpaired) electrons. The van der Waals surface area contributed by atoms with Gasteiger partial charge < -0.3 is 19.9 Å². The predicted octanol–water partition coefficient (Wildman–Crippen LogP) is 3.77. The van der Waals surface area contributed by atoms with Gasteiger partial charge in [0.25, 0.3) is 11.5 Å². The van der Waals surface area contributed by atoms with Crippen molar-refractivity contribution in [3.63, 3.8) is 0 Å². The maximum atomic E-state index is 13.0. The highest BCUT2D eigenvalue weighted by Gasteiger charge is 2.31. The van der Waals surface area contributed by atoms with Crippen LogP contribution in [-0.2, 0) is 10.9 Å². The Bertz CT molecular complexity index is 1460. The Kier molecular flexibility index (Phi) is 7.53. The number of likely N-dealkylation sites (tertiary alicyclic amines) is 1. The second kappa shape index (κ2) is 10.5. The van der Waals surface area contributed by atoms with Crippen molar-refractivity contribution < 1.29 is 32.3 Å². The molecule has 2 amide bonds. The molecule has 1 fully saturated rings. The number of hydrogen-bond acceptors (Lipinski definition) is 6. The minimum Gasteiger partial charge on any atom is -0.444 e. The average molecular weight is 548 g/mol. The molecule has 0 spiro atoms. The molecule has 1 saturated heterocycles. The van der Waals surface area contributed by atoms with Crippen LogP contribution in [0.2, 0.25) is 0 Å². The van der Waals surface area contributed by atoms with Gasteiger partial charge in [-0.2, -0.15) is 18.3 Å². The Morgan fingerprint density at radius 3 is 2.46 bits per heavy atom. The summed E-state index contributed by atoms with van der Waals surface area (Å²) in [5, 5.41) is 6.64. The number of ether oxygens (including phenoxy) is 1. The largest absolute Gasteiger partial charge is 0.444 e. The number of aromatic nitrogens is 3. The molecule has 1 aliphatic heterocycles. The van der Waals surface area contributed by atoms with Crippen LogP contribution in [0.1, 0.15) is 71.5 Å². The summed E-state index contributed by atoms with van der Waals surface area (Å²) in [6.07, 6.45) is -2.67. The second-order valence-corrected chi connectivity index (χ2v) is 10.3. The topological polar surface area (TPSA) is 126 Å². The van der Waals surface area contributed by atoms with E-state index in [9.17, 15) is 32.3 Å². The van der Waals surface area contributed by atoms with E-state index in [2.05, 4.69) is 15.4 Å². The third-order valence-corrected chi connectivity index (χ3v) is 6.27. The van der Waals surface area contributed by atoms with Gasteiger partial charge in [0.1, 0.15) is 16.8 Å². The first-order chi connectivity index (χ1) is 18.2. The van der Waals surface area contributed by atoms with E-state index >= 15 is 0 Å². The molecule has 0 bridgehead atoms. The van der Waals surface area contributed by atoms with Gasteiger partial charge in [-0.3, -0.25) is 14.4 Å². The molecule has 2 aromatic heterocycles. The number of Topliss-reactive ketones (excluding diaryl/α,β-unsaturated/α-hetero) is 1. The van der Waals surface area contributed by atoms with E-state index in [4.69, 9.17) is 4.74 Å². The molecule has 4 rings (SSSR count). The zero-order chi connectivity index (χ0) is 28.5. The van der Waals surface area contributed by atoms with Crippen LogP contribution < -0.4 is 10.9 Å². The number of alkyl halides is 3. The smallest absolute Gasteiger partial charge is 0.416 e. The van der Waals surface area contributed by atoms with E-state index in [1.165, 1.54) is 22.8 Å². The normalized spacial score (nSPS) is 14.9. The quantitative estimate of drug-likeness (QED) is 0.469. The second-order valence-electron chi connectivity index (χ2n) is 10.3. The number of H-pyrrole nitrogens is 1. The summed E-state index contributed by atoms with van der Waals surface area (Å²) in [6.45, 7) is 5.65. The lowest BCUT2D eigenvalue weighted by Gasteiger charge is -2.33. The molecule has 13 heteroatoms. The number of rotatable bonds is 5. The fourth-order valence-corrected chi connectivity index (χ4v) is 4.38. The molecule has 1 aliphatic rings. The number of nitrogens with zero attached hydrogens (tertiary/aromatic N) is 3. The SMILES string of the molecule is CC(C)(C)OC(=O)N1CCC(c2cc(=O)[nH]c3c(C(=O)NCC(=O)c4cccc(C(F)(F)F)c4)cnn23)CC1. The highest BCUT2D eigenvalue weighted by molar-refractivity contribution is 6.04. The van der Waals surface area contributed by atoms with Crippen molar-refractivity contribution in [3.8, 4) is 0 Å². The van der Waals surface area contributed by atoms with Gasteiger partial charge in [0, 0.05) is 30.6 Å². The maximum Gasteiger partial charge on any atom is 0.416 e. The summed E-state index contributed by atoms with van der Waals surface area (Å²) in [5.41, 5.74) is -1.55. The van der Waals surface area contributed by atoms with Crippen LogP contribution in [0, 0.1) is 0 Å². The number of nitrogens with one attached hydrogen (secondary N) is 2. The summed E-state index contributed by atoms with van der Waals surface area (Å²) >= 11 is 0. The van der Waals surface area contributed by atoms with E-state index in [0.29, 0.717) is 31.6 Å². The van der Waals surface area contributed by atoms with Crippen molar-refractivity contribution in [2.45, 2.75) is 51.3 Å². The zero-order valence-corrected chi connectivity index (χ0v) is 21.6. The van der Waals surface area contributed by atoms with Crippen LogP contribution in [0.4, 0.5) is 18.0 Å². The van der Waals surface area contributed by atoms with Crippen LogP contribution in [0.25, 0.3) is 5.65 Å². The van der Waals surface area contributed by atoms with E-state index in [1.54, 1.807) is 25.7 Å². The maximum absolute atomic E-state index is 13.0. The monoisotopic (exact) mass is 547 g/mol. The van der Waals surface area contributed by atoms with Crippen LogP contribution in [0.15, 0.2) is 41.3 Å². The van der Waals surface area contributed by atoms with E-state index in [1.807, 2.05) is 0 Å². The summed E-state index contributed by atoms with van der Waals surface area (Å²) in [5.74, 6) is -1.55. The molecule has 0 atom stereocenters. The fourth-order valence-electron chi connectivity index (χ4n) is 4.38. The first-order valence-corrected chi connectivity index (χ1v) is 12.3. The highest BCUT2D eigenvalue weighted by Crippen LogP contribution is 2.30. The van der Waals surface area contributed by atoms with Crippen LogP contribution in [0.5, 0.6) is 0 Å². The molecule has 3 heterocycles. The van der Waals surface area contributed by atoms with E-state index in [0.717, 1.165) is 18.2 Å². The summed E-state index contributed by atoms with van der Waals surface area (Å²) in [7, 11) is 0. The van der Waals surface area contributed by atoms with Gasteiger partial charge in [-0.15, -0.1) is 0 Å². The average Bonchev–Trinajstić information content (AvgIpc) is 3.29. The van der Waals surface area contributed by atoms with Crippen molar-refractivity contribution in [1.82, 2.24) is 24.8 Å². The lowest BCUT2D eigenvalue weighted by atomic mass is 9.93. The Labute approximate surface area is 221 Å². The number of piperidine rings is 1. The van der Waals surface area contributed by atoms with Crippen molar-refractivity contribution in [3.05, 3.63) is 69.3 Å². The molecule has 1 aromatic carbocycles. The highest BCUT2D eigenvalue weighted by atomic mass is 19.4. The third-order valence-electron chi connectivity index (χ3n) is 6.27. The molecule has 0 aliphatic carbocycles. The van der Waals surface area contributed by atoms with Crippen LogP contribution in [0.3, 0.4) is 0 Å². The zero-order valence-electron chi connectivity index (χ0n) is 21.6. The minimum absolute atomic E-state index is 0.00279. The van der Waals surface area contributed by atoms with Crippen molar-refractivity contribution in [1.29, 1.82) is 0 Å². The predicted molar refractivity (Wildman–Crippen MR) is 134 cm³/mol. The molecule has 10 nitrogen and oxygen atoms in total. The number of hydrogen-bond donors (Lipinski definition) is 2. The van der Waals surface area contributed by atoms with Gasteiger partial charge in [0.05, 0.1) is 24.0 Å². The summed E-state index contributed by atoms with van der Waals surface area (Å²) in [4.78, 5) is 54.3. The molecule has 39 heavy (non-hydrogen) atoms. The third kappa shape index (κ3) is 6.47. The van der Waals surface area contributed by atoms with Gasteiger partial charge in [0.2, 0.25) is 0 Å². The van der Waals surface area contributed by atoms with Crippen LogP contribution in [-0.4, -0.2) is 62.5 Å². The molecule has 2 N–H and O–H groups in total. The number of fused-ring (bicyclic) bond motifs is 1. The van der Waals surface area contributed by atoms with Crippen LogP contribution >= 0.6 is 0 Å². The Hall–Kier alpha value is -4.16. The number of halogens is 3.